The summed E-state index contributed by atoms with van der Waals surface area (Å²) in [5.41, 5.74) is 0.980. The third-order valence-electron chi connectivity index (χ3n) is 2.30. The summed E-state index contributed by atoms with van der Waals surface area (Å²) in [7, 11) is 3.27. The zero-order chi connectivity index (χ0) is 11.3. The summed E-state index contributed by atoms with van der Waals surface area (Å²) < 4.78 is 10.6. The Hall–Kier alpha value is -1.26. The van der Waals surface area contributed by atoms with Crippen LogP contribution < -0.4 is 15.4 Å². The first-order valence-electron chi connectivity index (χ1n) is 4.77. The van der Waals surface area contributed by atoms with Crippen LogP contribution in [-0.2, 0) is 4.84 Å². The summed E-state index contributed by atoms with van der Waals surface area (Å²) in [6.45, 7) is 2.43. The van der Waals surface area contributed by atoms with Gasteiger partial charge in [0, 0.05) is 11.5 Å². The van der Waals surface area contributed by atoms with E-state index >= 15 is 0 Å². The van der Waals surface area contributed by atoms with Gasteiger partial charge < -0.3 is 14.3 Å². The Morgan fingerprint density at radius 2 is 1.73 bits per heavy atom. The Balaban J connectivity index is 3.09. The van der Waals surface area contributed by atoms with Crippen molar-refractivity contribution in [1.29, 1.82) is 0 Å². The van der Waals surface area contributed by atoms with Crippen LogP contribution in [0.3, 0.4) is 0 Å². The molecule has 0 bridgehead atoms. The maximum atomic E-state index is 5.28. The van der Waals surface area contributed by atoms with E-state index in [-0.39, 0.29) is 5.92 Å². The van der Waals surface area contributed by atoms with E-state index in [0.29, 0.717) is 6.61 Å². The van der Waals surface area contributed by atoms with E-state index in [2.05, 4.69) is 4.84 Å². The predicted octanol–water partition coefficient (Wildman–Crippen LogP) is 1.70. The molecule has 1 unspecified atom stereocenters. The normalized spacial score (nSPS) is 12.3. The second-order valence-corrected chi connectivity index (χ2v) is 3.31. The van der Waals surface area contributed by atoms with E-state index in [1.807, 2.05) is 25.1 Å². The Labute approximate surface area is 89.9 Å². The molecular weight excluding hydrogens is 194 g/mol. The van der Waals surface area contributed by atoms with Crippen molar-refractivity contribution in [2.45, 2.75) is 12.8 Å². The molecule has 0 aromatic heterocycles. The van der Waals surface area contributed by atoms with E-state index in [1.165, 1.54) is 0 Å². The van der Waals surface area contributed by atoms with Gasteiger partial charge in [0.05, 0.1) is 20.8 Å². The Morgan fingerprint density at radius 1 is 1.20 bits per heavy atom. The highest BCUT2D eigenvalue weighted by Gasteiger charge is 2.16. The van der Waals surface area contributed by atoms with E-state index in [9.17, 15) is 0 Å². The van der Waals surface area contributed by atoms with Gasteiger partial charge in [-0.3, -0.25) is 0 Å². The van der Waals surface area contributed by atoms with Gasteiger partial charge in [-0.2, -0.15) is 0 Å². The van der Waals surface area contributed by atoms with Crippen molar-refractivity contribution in [3.63, 3.8) is 0 Å². The smallest absolute Gasteiger partial charge is 0.126 e. The largest absolute Gasteiger partial charge is 0.496 e. The summed E-state index contributed by atoms with van der Waals surface area (Å²) in [6.07, 6.45) is 0. The molecule has 0 amide bonds. The van der Waals surface area contributed by atoms with Crippen LogP contribution in [0.15, 0.2) is 18.2 Å². The number of methoxy groups -OCH3 is 2. The van der Waals surface area contributed by atoms with Crippen molar-refractivity contribution in [1.82, 2.24) is 0 Å². The molecule has 0 spiro atoms. The Kier molecular flexibility index (Phi) is 4.39. The molecule has 4 nitrogen and oxygen atoms in total. The lowest BCUT2D eigenvalue weighted by atomic mass is 10.00. The monoisotopic (exact) mass is 211 g/mol. The van der Waals surface area contributed by atoms with Gasteiger partial charge in [0.2, 0.25) is 0 Å². The fourth-order valence-corrected chi connectivity index (χ4v) is 1.59. The second-order valence-electron chi connectivity index (χ2n) is 3.31. The van der Waals surface area contributed by atoms with Crippen molar-refractivity contribution < 1.29 is 14.3 Å². The van der Waals surface area contributed by atoms with E-state index < -0.39 is 0 Å². The lowest BCUT2D eigenvalue weighted by molar-refractivity contribution is 0.125. The quantitative estimate of drug-likeness (QED) is 0.753. The van der Waals surface area contributed by atoms with Crippen molar-refractivity contribution >= 4 is 0 Å². The highest BCUT2D eigenvalue weighted by molar-refractivity contribution is 5.47. The standard InChI is InChI=1S/C11H17NO3/c1-8(7-15-12)11-9(13-2)5-4-6-10(11)14-3/h4-6,8H,7,12H2,1-3H3. The summed E-state index contributed by atoms with van der Waals surface area (Å²) in [5.74, 6) is 6.78. The number of benzene rings is 1. The van der Waals surface area contributed by atoms with Gasteiger partial charge in [0.15, 0.2) is 0 Å². The van der Waals surface area contributed by atoms with Crippen LogP contribution in [0.2, 0.25) is 0 Å². The molecule has 84 valence electrons. The number of hydrogen-bond donors (Lipinski definition) is 1. The molecule has 15 heavy (non-hydrogen) atoms. The molecule has 0 saturated heterocycles. The summed E-state index contributed by atoms with van der Waals surface area (Å²) in [6, 6.07) is 5.67. The van der Waals surface area contributed by atoms with Crippen LogP contribution in [0.1, 0.15) is 18.4 Å². The maximum Gasteiger partial charge on any atom is 0.126 e. The summed E-state index contributed by atoms with van der Waals surface area (Å²) in [5, 5.41) is 0. The molecule has 0 heterocycles. The molecule has 0 fully saturated rings. The van der Waals surface area contributed by atoms with Crippen molar-refractivity contribution in [3.05, 3.63) is 23.8 Å². The van der Waals surface area contributed by atoms with Crippen LogP contribution in [0, 0.1) is 0 Å². The number of rotatable bonds is 5. The third-order valence-corrected chi connectivity index (χ3v) is 2.30. The molecule has 1 rings (SSSR count). The molecular formula is C11H17NO3. The minimum Gasteiger partial charge on any atom is -0.496 e. The van der Waals surface area contributed by atoms with Gasteiger partial charge in [0.25, 0.3) is 0 Å². The predicted molar refractivity (Wildman–Crippen MR) is 58.1 cm³/mol. The third kappa shape index (κ3) is 2.61. The van der Waals surface area contributed by atoms with Crippen LogP contribution in [0.4, 0.5) is 0 Å². The maximum absolute atomic E-state index is 5.28. The SMILES string of the molecule is COc1cccc(OC)c1C(C)CON. The van der Waals surface area contributed by atoms with Crippen LogP contribution in [0.5, 0.6) is 11.5 Å². The van der Waals surface area contributed by atoms with Gasteiger partial charge in [-0.25, -0.2) is 5.90 Å². The fourth-order valence-electron chi connectivity index (χ4n) is 1.59. The molecule has 0 aliphatic rings. The lowest BCUT2D eigenvalue weighted by Crippen LogP contribution is -2.10. The number of ether oxygens (including phenoxy) is 2. The number of hydrogen-bond acceptors (Lipinski definition) is 4. The topological polar surface area (TPSA) is 53.7 Å². The second kappa shape index (κ2) is 5.58. The minimum absolute atomic E-state index is 0.126. The average molecular weight is 211 g/mol. The van der Waals surface area contributed by atoms with Gasteiger partial charge in [-0.15, -0.1) is 0 Å². The first-order chi connectivity index (χ1) is 7.24. The van der Waals surface area contributed by atoms with E-state index in [0.717, 1.165) is 17.1 Å². The molecule has 2 N–H and O–H groups in total. The zero-order valence-corrected chi connectivity index (χ0v) is 9.32. The molecule has 0 aliphatic heterocycles. The van der Waals surface area contributed by atoms with Crippen LogP contribution in [-0.4, -0.2) is 20.8 Å². The Bertz CT molecular complexity index is 292. The molecule has 0 aliphatic carbocycles. The fraction of sp³-hybridized carbons (Fsp3) is 0.455. The minimum atomic E-state index is 0.126. The molecule has 1 aromatic rings. The molecule has 4 heteroatoms. The van der Waals surface area contributed by atoms with Crippen LogP contribution >= 0.6 is 0 Å². The zero-order valence-electron chi connectivity index (χ0n) is 9.32. The lowest BCUT2D eigenvalue weighted by Gasteiger charge is -2.17. The highest BCUT2D eigenvalue weighted by atomic mass is 16.6. The van der Waals surface area contributed by atoms with Gasteiger partial charge >= 0.3 is 0 Å². The van der Waals surface area contributed by atoms with Crippen molar-refractivity contribution in [2.75, 3.05) is 20.8 Å². The van der Waals surface area contributed by atoms with Crippen molar-refractivity contribution in [2.24, 2.45) is 5.90 Å². The number of nitrogens with two attached hydrogens (primary N) is 1. The molecule has 1 aromatic carbocycles. The molecule has 0 radical (unpaired) electrons. The summed E-state index contributed by atoms with van der Waals surface area (Å²) >= 11 is 0. The first kappa shape index (κ1) is 11.8. The highest BCUT2D eigenvalue weighted by Crippen LogP contribution is 2.34. The van der Waals surface area contributed by atoms with E-state index in [4.69, 9.17) is 15.4 Å². The Morgan fingerprint density at radius 3 is 2.13 bits per heavy atom. The van der Waals surface area contributed by atoms with Crippen LogP contribution in [0.25, 0.3) is 0 Å². The molecule has 0 saturated carbocycles. The average Bonchev–Trinajstić information content (AvgIpc) is 2.28. The van der Waals surface area contributed by atoms with Crippen molar-refractivity contribution in [3.8, 4) is 11.5 Å². The van der Waals surface area contributed by atoms with Gasteiger partial charge in [-0.1, -0.05) is 13.0 Å². The first-order valence-corrected chi connectivity index (χ1v) is 4.77. The van der Waals surface area contributed by atoms with Gasteiger partial charge in [-0.05, 0) is 12.1 Å². The van der Waals surface area contributed by atoms with E-state index in [1.54, 1.807) is 14.2 Å². The molecule has 1 atom stereocenters. The summed E-state index contributed by atoms with van der Waals surface area (Å²) in [4.78, 5) is 4.65. The van der Waals surface area contributed by atoms with Gasteiger partial charge in [0.1, 0.15) is 11.5 Å².